The largest absolute Gasteiger partial charge is 0.339 e. The second-order valence-corrected chi connectivity index (χ2v) is 7.28. The minimum atomic E-state index is -0.0232. The molecule has 2 aromatic carbocycles. The van der Waals surface area contributed by atoms with Crippen molar-refractivity contribution >= 4 is 17.5 Å². The SMILES string of the molecule is Cc1ccc(-c2noc(C3CCN(C(=O)c4ccccc4Cl)CC3)n2)cc1. The number of nitrogens with zero attached hydrogens (tertiary/aromatic N) is 3. The summed E-state index contributed by atoms with van der Waals surface area (Å²) in [5.74, 6) is 1.41. The van der Waals surface area contributed by atoms with Crippen LogP contribution in [-0.4, -0.2) is 34.0 Å². The first-order chi connectivity index (χ1) is 13.1. The molecule has 1 aliphatic rings. The van der Waals surface area contributed by atoms with E-state index in [1.165, 1.54) is 5.56 Å². The van der Waals surface area contributed by atoms with Crippen molar-refractivity contribution in [2.45, 2.75) is 25.7 Å². The molecule has 1 aliphatic heterocycles. The van der Waals surface area contributed by atoms with Gasteiger partial charge in [-0.25, -0.2) is 0 Å². The molecule has 1 fully saturated rings. The van der Waals surface area contributed by atoms with Crippen LogP contribution in [0, 0.1) is 6.92 Å². The first-order valence-electron chi connectivity index (χ1n) is 9.06. The first-order valence-corrected chi connectivity index (χ1v) is 9.44. The molecule has 138 valence electrons. The predicted octanol–water partition coefficient (Wildman–Crippen LogP) is 4.72. The fraction of sp³-hybridized carbons (Fsp3) is 0.286. The van der Waals surface area contributed by atoms with Crippen molar-refractivity contribution in [3.8, 4) is 11.4 Å². The van der Waals surface area contributed by atoms with Gasteiger partial charge in [0.25, 0.3) is 5.91 Å². The molecule has 1 aromatic heterocycles. The van der Waals surface area contributed by atoms with Gasteiger partial charge >= 0.3 is 0 Å². The highest BCUT2D eigenvalue weighted by atomic mass is 35.5. The minimum Gasteiger partial charge on any atom is -0.339 e. The summed E-state index contributed by atoms with van der Waals surface area (Å²) in [6.07, 6.45) is 1.59. The lowest BCUT2D eigenvalue weighted by atomic mass is 9.96. The molecule has 0 aliphatic carbocycles. The molecule has 1 saturated heterocycles. The Balaban J connectivity index is 1.42. The smallest absolute Gasteiger partial charge is 0.255 e. The number of benzene rings is 2. The average molecular weight is 382 g/mol. The standard InChI is InChI=1S/C21H20ClN3O2/c1-14-6-8-15(9-7-14)19-23-20(27-24-19)16-10-12-25(13-11-16)21(26)17-4-2-3-5-18(17)22/h2-9,16H,10-13H2,1H3. The van der Waals surface area contributed by atoms with Gasteiger partial charge in [-0.1, -0.05) is 58.7 Å². The maximum atomic E-state index is 12.7. The minimum absolute atomic E-state index is 0.0232. The third-order valence-corrected chi connectivity index (χ3v) is 5.32. The summed E-state index contributed by atoms with van der Waals surface area (Å²) in [6.45, 7) is 3.34. The number of aryl methyl sites for hydroxylation is 1. The Kier molecular flexibility index (Phi) is 4.94. The third-order valence-electron chi connectivity index (χ3n) is 4.99. The van der Waals surface area contributed by atoms with Crippen molar-refractivity contribution in [1.82, 2.24) is 15.0 Å². The Morgan fingerprint density at radius 1 is 1.11 bits per heavy atom. The molecular formula is C21H20ClN3O2. The van der Waals surface area contributed by atoms with E-state index in [-0.39, 0.29) is 11.8 Å². The van der Waals surface area contributed by atoms with Crippen LogP contribution in [0.3, 0.4) is 0 Å². The Labute approximate surface area is 163 Å². The van der Waals surface area contributed by atoms with Crippen LogP contribution in [0.25, 0.3) is 11.4 Å². The van der Waals surface area contributed by atoms with Gasteiger partial charge in [0.2, 0.25) is 11.7 Å². The van der Waals surface area contributed by atoms with Crippen LogP contribution in [0.1, 0.15) is 40.6 Å². The number of aromatic nitrogens is 2. The van der Waals surface area contributed by atoms with Gasteiger partial charge in [-0.3, -0.25) is 4.79 Å². The molecule has 0 radical (unpaired) electrons. The summed E-state index contributed by atoms with van der Waals surface area (Å²) in [7, 11) is 0. The second-order valence-electron chi connectivity index (χ2n) is 6.87. The summed E-state index contributed by atoms with van der Waals surface area (Å²) >= 11 is 6.15. The van der Waals surface area contributed by atoms with Gasteiger partial charge in [0.05, 0.1) is 10.6 Å². The van der Waals surface area contributed by atoms with Crippen molar-refractivity contribution in [3.63, 3.8) is 0 Å². The molecule has 27 heavy (non-hydrogen) atoms. The highest BCUT2D eigenvalue weighted by Gasteiger charge is 2.28. The first kappa shape index (κ1) is 17.7. The second kappa shape index (κ2) is 7.53. The molecule has 0 saturated carbocycles. The molecule has 3 aromatic rings. The quantitative estimate of drug-likeness (QED) is 0.658. The van der Waals surface area contributed by atoms with E-state index in [9.17, 15) is 4.79 Å². The monoisotopic (exact) mass is 381 g/mol. The highest BCUT2D eigenvalue weighted by Crippen LogP contribution is 2.30. The molecule has 0 bridgehead atoms. The van der Waals surface area contributed by atoms with Gasteiger partial charge in [-0.2, -0.15) is 4.98 Å². The number of rotatable bonds is 3. The van der Waals surface area contributed by atoms with Crippen LogP contribution in [-0.2, 0) is 0 Å². The third kappa shape index (κ3) is 3.74. The number of piperidine rings is 1. The number of halogens is 1. The Morgan fingerprint density at radius 2 is 1.81 bits per heavy atom. The Morgan fingerprint density at radius 3 is 2.52 bits per heavy atom. The van der Waals surface area contributed by atoms with Gasteiger partial charge in [0.1, 0.15) is 0 Å². The number of likely N-dealkylation sites (tertiary alicyclic amines) is 1. The van der Waals surface area contributed by atoms with Crippen LogP contribution in [0.15, 0.2) is 53.1 Å². The molecule has 2 heterocycles. The van der Waals surface area contributed by atoms with Crippen molar-refractivity contribution in [1.29, 1.82) is 0 Å². The van der Waals surface area contributed by atoms with Gasteiger partial charge in [0, 0.05) is 24.6 Å². The normalized spacial score (nSPS) is 15.1. The van der Waals surface area contributed by atoms with E-state index in [4.69, 9.17) is 16.1 Å². The molecule has 0 N–H and O–H groups in total. The predicted molar refractivity (Wildman–Crippen MR) is 104 cm³/mol. The summed E-state index contributed by atoms with van der Waals surface area (Å²) in [5.41, 5.74) is 2.69. The lowest BCUT2D eigenvalue weighted by molar-refractivity contribution is 0.0704. The van der Waals surface area contributed by atoms with Crippen LogP contribution in [0.5, 0.6) is 0 Å². The highest BCUT2D eigenvalue weighted by molar-refractivity contribution is 6.33. The van der Waals surface area contributed by atoms with E-state index in [0.29, 0.717) is 35.4 Å². The lowest BCUT2D eigenvalue weighted by Crippen LogP contribution is -2.38. The van der Waals surface area contributed by atoms with E-state index >= 15 is 0 Å². The van der Waals surface area contributed by atoms with Crippen LogP contribution >= 0.6 is 11.6 Å². The van der Waals surface area contributed by atoms with Crippen molar-refractivity contribution < 1.29 is 9.32 Å². The van der Waals surface area contributed by atoms with Crippen molar-refractivity contribution in [2.75, 3.05) is 13.1 Å². The summed E-state index contributed by atoms with van der Waals surface area (Å²) in [6, 6.07) is 15.2. The number of carbonyl (C=O) groups is 1. The Hall–Kier alpha value is -2.66. The van der Waals surface area contributed by atoms with Crippen molar-refractivity contribution in [3.05, 3.63) is 70.6 Å². The van der Waals surface area contributed by atoms with Gasteiger partial charge in [-0.05, 0) is 31.9 Å². The van der Waals surface area contributed by atoms with Gasteiger partial charge in [-0.15, -0.1) is 0 Å². The molecule has 1 amide bonds. The fourth-order valence-electron chi connectivity index (χ4n) is 3.36. The average Bonchev–Trinajstić information content (AvgIpc) is 3.19. The topological polar surface area (TPSA) is 59.2 Å². The number of carbonyl (C=O) groups excluding carboxylic acids is 1. The summed E-state index contributed by atoms with van der Waals surface area (Å²) in [5, 5.41) is 4.61. The molecular weight excluding hydrogens is 362 g/mol. The number of hydrogen-bond acceptors (Lipinski definition) is 4. The van der Waals surface area contributed by atoms with Crippen LogP contribution in [0.2, 0.25) is 5.02 Å². The summed E-state index contributed by atoms with van der Waals surface area (Å²) < 4.78 is 5.50. The van der Waals surface area contributed by atoms with E-state index in [2.05, 4.69) is 10.1 Å². The molecule has 5 nitrogen and oxygen atoms in total. The maximum absolute atomic E-state index is 12.7. The fourth-order valence-corrected chi connectivity index (χ4v) is 3.57. The maximum Gasteiger partial charge on any atom is 0.255 e. The zero-order valence-corrected chi connectivity index (χ0v) is 15.8. The van der Waals surface area contributed by atoms with E-state index < -0.39 is 0 Å². The number of hydrogen-bond donors (Lipinski definition) is 0. The van der Waals surface area contributed by atoms with E-state index in [0.717, 1.165) is 18.4 Å². The number of amides is 1. The molecule has 0 atom stereocenters. The molecule has 0 unspecified atom stereocenters. The van der Waals surface area contributed by atoms with E-state index in [1.54, 1.807) is 12.1 Å². The zero-order chi connectivity index (χ0) is 18.8. The molecule has 0 spiro atoms. The van der Waals surface area contributed by atoms with Crippen LogP contribution in [0.4, 0.5) is 0 Å². The van der Waals surface area contributed by atoms with E-state index in [1.807, 2.05) is 48.2 Å². The zero-order valence-electron chi connectivity index (χ0n) is 15.1. The Bertz CT molecular complexity index is 944. The van der Waals surface area contributed by atoms with Crippen LogP contribution < -0.4 is 0 Å². The molecule has 4 rings (SSSR count). The van der Waals surface area contributed by atoms with Crippen molar-refractivity contribution in [2.24, 2.45) is 0 Å². The lowest BCUT2D eigenvalue weighted by Gasteiger charge is -2.30. The molecule has 6 heteroatoms. The van der Waals surface area contributed by atoms with Gasteiger partial charge in [0.15, 0.2) is 0 Å². The van der Waals surface area contributed by atoms with Gasteiger partial charge < -0.3 is 9.42 Å². The summed E-state index contributed by atoms with van der Waals surface area (Å²) in [4.78, 5) is 19.1.